The number of hydrogen-bond donors (Lipinski definition) is 1. The van der Waals surface area contributed by atoms with Gasteiger partial charge in [0.2, 0.25) is 0 Å². The molecule has 31 heteroatoms. The van der Waals surface area contributed by atoms with Crippen molar-refractivity contribution in [1.82, 2.24) is 19.6 Å². The van der Waals surface area contributed by atoms with Crippen molar-refractivity contribution in [3.05, 3.63) is 381 Å². The van der Waals surface area contributed by atoms with Gasteiger partial charge in [-0.05, 0) is 270 Å². The number of halogens is 13. The molecule has 12 aromatic rings. The molecule has 4 heterocycles. The van der Waals surface area contributed by atoms with Gasteiger partial charge in [-0.25, -0.2) is 81.5 Å². The number of nitrogens with zero attached hydrogens (tertiary/aromatic N) is 4. The Morgan fingerprint density at radius 3 is 0.707 bits per heavy atom. The summed E-state index contributed by atoms with van der Waals surface area (Å²) in [5.74, 6) is -6.32. The minimum atomic E-state index is -1.06. The molecule has 4 aliphatic rings. The average Bonchev–Trinajstić information content (AvgIpc) is 0.779. The van der Waals surface area contributed by atoms with Gasteiger partial charge >= 0.3 is 36.7 Å². The first-order valence-electron chi connectivity index (χ1n) is 49.8. The third-order valence-electron chi connectivity index (χ3n) is 26.7. The van der Waals surface area contributed by atoms with E-state index in [1.807, 2.05) is 95.0 Å². The molecule has 0 saturated carbocycles. The van der Waals surface area contributed by atoms with Crippen LogP contribution in [-0.2, 0) is 55.6 Å². The largest absolute Gasteiger partial charge is 0.519 e. The van der Waals surface area contributed by atoms with E-state index in [-0.39, 0.29) is 47.4 Å². The minimum absolute atomic E-state index is 0.252. The van der Waals surface area contributed by atoms with Crippen LogP contribution in [0.2, 0.25) is 0 Å². The van der Waals surface area contributed by atoms with Crippen LogP contribution in [0.15, 0.2) is 267 Å². The number of hydrogen-bond acceptors (Lipinski definition) is 14. The summed E-state index contributed by atoms with van der Waals surface area (Å²) in [4.78, 5) is 82.9. The Kier molecular flexibility index (Phi) is 40.5. The van der Waals surface area contributed by atoms with Crippen LogP contribution in [0, 0.1) is 69.8 Å². The highest BCUT2D eigenvalue weighted by Gasteiger charge is 2.48. The molecular weight excluding hydrogens is 2060 g/mol. The fourth-order valence-corrected chi connectivity index (χ4v) is 18.7. The molecule has 4 fully saturated rings. The summed E-state index contributed by atoms with van der Waals surface area (Å²) >= 11 is 2.15. The lowest BCUT2D eigenvalue weighted by Crippen LogP contribution is -2.49. The molecule has 0 radical (unpaired) electrons. The number of cyclic esters (lactones) is 4. The molecule has 12 aromatic carbocycles. The molecule has 4 amide bonds. The minimum Gasteiger partial charge on any atom is -0.438 e. The Morgan fingerprint density at radius 1 is 0.313 bits per heavy atom. The number of unbranched alkanes of at least 4 members (excludes halogenated alkanes) is 1. The monoisotopic (exact) mass is 2190 g/mol. The maximum absolute atomic E-state index is 14.1. The smallest absolute Gasteiger partial charge is 0.438 e. The van der Waals surface area contributed by atoms with Gasteiger partial charge in [-0.2, -0.15) is 0 Å². The molecule has 18 nitrogen and oxygen atoms in total. The lowest BCUT2D eigenvalue weighted by Gasteiger charge is -2.43. The summed E-state index contributed by atoms with van der Waals surface area (Å²) in [5, 5.41) is 0. The third kappa shape index (κ3) is 30.2. The van der Waals surface area contributed by atoms with Crippen molar-refractivity contribution < 1.29 is 115 Å². The average molecular weight is 2190 g/mol. The molecule has 0 aliphatic carbocycles. The molecular formula is C119H126F12IN5O13. The molecule has 0 unspecified atom stereocenters. The molecule has 0 spiro atoms. The maximum Gasteiger partial charge on any atom is 0.519 e. The second kappa shape index (κ2) is 52.2. The van der Waals surface area contributed by atoms with E-state index in [1.54, 1.807) is 158 Å². The normalized spacial score (nSPS) is 18.3. The van der Waals surface area contributed by atoms with Gasteiger partial charge in [0.25, 0.3) is 0 Å². The number of ether oxygens (including phenoxy) is 7. The highest BCUT2D eigenvalue weighted by molar-refractivity contribution is 14.1. The molecule has 8 atom stereocenters. The van der Waals surface area contributed by atoms with Crippen LogP contribution < -0.4 is 5.73 Å². The van der Waals surface area contributed by atoms with E-state index in [9.17, 15) is 81.5 Å². The molecule has 796 valence electrons. The predicted octanol–water partition coefficient (Wildman–Crippen LogP) is 32.3. The van der Waals surface area contributed by atoms with Crippen LogP contribution in [0.1, 0.15) is 236 Å². The van der Waals surface area contributed by atoms with E-state index in [4.69, 9.17) is 34.2 Å². The van der Waals surface area contributed by atoms with E-state index >= 15 is 0 Å². The number of carbonyl (C=O) groups excluding carboxylic acids is 6. The predicted molar refractivity (Wildman–Crippen MR) is 561 cm³/mol. The second-order valence-corrected chi connectivity index (χ2v) is 39.1. The van der Waals surface area contributed by atoms with Crippen LogP contribution in [0.25, 0.3) is 44.5 Å². The van der Waals surface area contributed by atoms with E-state index < -0.39 is 117 Å². The van der Waals surface area contributed by atoms with Crippen molar-refractivity contribution in [2.75, 3.05) is 37.7 Å². The van der Waals surface area contributed by atoms with Crippen molar-refractivity contribution >= 4 is 59.3 Å². The summed E-state index contributed by atoms with van der Waals surface area (Å²) in [6, 6.07) is 66.1. The van der Waals surface area contributed by atoms with Crippen LogP contribution in [0.5, 0.6) is 0 Å². The Morgan fingerprint density at radius 2 is 0.520 bits per heavy atom. The molecule has 4 aliphatic heterocycles. The molecule has 4 saturated heterocycles. The van der Waals surface area contributed by atoms with Crippen molar-refractivity contribution in [3.63, 3.8) is 0 Å². The molecule has 0 bridgehead atoms. The topological polar surface area (TPSA) is 206 Å². The SMILES string of the molecule is CC(C)(C)OC(=O)OC(=O)OC(C)(C)C.CCCC[C@]1(c2ccc(F)cc2)CCN([C@@H](C)c2ccc(-c3ccc(F)cc3F)cc2)C(=O)O1.CCC[C@]1(c2ccc(F)cc2)CCN([C@@H](C)c2ccc(-c3ccc(F)cc3F)cc2)C(=O)O1.CCC[C@]1(c2ccc(F)cc2)CCN([C@@H](C)c2ccc(-c3ccc(F)cc3F)cc2)C(=O)O1.CI.C[C@@H](c1ccc(-c2ccc(F)cc2F)cc1)N1CC[C@](CCN)(c2ccc(F)cc2)OC1=O. The fourth-order valence-electron chi connectivity index (χ4n) is 18.7. The first-order chi connectivity index (χ1) is 71.3. The number of carbonyl (C=O) groups is 6. The summed E-state index contributed by atoms with van der Waals surface area (Å²) in [6.45, 7) is 26.0. The van der Waals surface area contributed by atoms with Crippen LogP contribution in [-0.4, -0.2) is 105 Å². The van der Waals surface area contributed by atoms with Crippen molar-refractivity contribution in [2.24, 2.45) is 5.73 Å². The number of nitrogens with two attached hydrogens (primary N) is 1. The van der Waals surface area contributed by atoms with E-state index in [0.29, 0.717) is 129 Å². The molecule has 150 heavy (non-hydrogen) atoms. The maximum atomic E-state index is 14.1. The van der Waals surface area contributed by atoms with Crippen molar-refractivity contribution in [3.8, 4) is 44.5 Å². The summed E-state index contributed by atoms with van der Waals surface area (Å²) in [6.07, 6.45) is 4.41. The van der Waals surface area contributed by atoms with Gasteiger partial charge in [0.05, 0.1) is 24.2 Å². The molecule has 2 N–H and O–H groups in total. The van der Waals surface area contributed by atoms with Crippen molar-refractivity contribution in [1.29, 1.82) is 0 Å². The second-order valence-electron chi connectivity index (χ2n) is 39.1. The first kappa shape index (κ1) is 117. The summed E-state index contributed by atoms with van der Waals surface area (Å²) in [5.41, 5.74) is 11.6. The zero-order valence-electron chi connectivity index (χ0n) is 86.3. The quantitative estimate of drug-likeness (QED) is 0.0141. The lowest BCUT2D eigenvalue weighted by molar-refractivity contribution is -0.0669. The van der Waals surface area contributed by atoms with Gasteiger partial charge in [0, 0.05) is 105 Å². The van der Waals surface area contributed by atoms with Crippen LogP contribution >= 0.6 is 22.6 Å². The van der Waals surface area contributed by atoms with E-state index in [0.717, 1.165) is 94.5 Å². The van der Waals surface area contributed by atoms with Gasteiger partial charge in [-0.1, -0.05) is 208 Å². The van der Waals surface area contributed by atoms with Gasteiger partial charge in [0.1, 0.15) is 103 Å². The molecule has 0 aromatic heterocycles. The summed E-state index contributed by atoms with van der Waals surface area (Å²) < 4.78 is 201. The number of alkyl halides is 1. The number of benzene rings is 12. The Hall–Kier alpha value is -13.7. The van der Waals surface area contributed by atoms with Gasteiger partial charge in [-0.3, -0.25) is 0 Å². The van der Waals surface area contributed by atoms with Gasteiger partial charge < -0.3 is 58.5 Å². The Balaban J connectivity index is 0.000000180. The lowest BCUT2D eigenvalue weighted by atomic mass is 9.84. The Labute approximate surface area is 882 Å². The van der Waals surface area contributed by atoms with Gasteiger partial charge in [0.15, 0.2) is 0 Å². The van der Waals surface area contributed by atoms with Crippen LogP contribution in [0.4, 0.5) is 81.5 Å². The van der Waals surface area contributed by atoms with Crippen LogP contribution in [0.3, 0.4) is 0 Å². The third-order valence-corrected chi connectivity index (χ3v) is 26.7. The van der Waals surface area contributed by atoms with E-state index in [1.165, 1.54) is 97.1 Å². The van der Waals surface area contributed by atoms with Crippen molar-refractivity contribution in [2.45, 2.75) is 225 Å². The first-order valence-corrected chi connectivity index (χ1v) is 51.9. The zero-order valence-corrected chi connectivity index (χ0v) is 88.5. The number of rotatable bonds is 25. The molecule has 16 rings (SSSR count). The highest BCUT2D eigenvalue weighted by Crippen LogP contribution is 2.47. The Bertz CT molecular complexity index is 6090. The fraction of sp³-hybridized carbons (Fsp3) is 0.345. The van der Waals surface area contributed by atoms with E-state index in [2.05, 4.69) is 34.3 Å². The highest BCUT2D eigenvalue weighted by atomic mass is 127. The zero-order chi connectivity index (χ0) is 109. The van der Waals surface area contributed by atoms with Gasteiger partial charge in [-0.15, -0.1) is 0 Å². The standard InChI is InChI=1S/C28H28F3NO2.2C27H26F3NO2.C26H25F3N2O2.C10H18O5.CH3I/c1-3-4-15-28(22-9-11-23(29)12-10-22)16-17-32(27(33)34-28)19(2)20-5-7-21(8-6-20)25-14-13-24(30)18-26(25)31;2*1-3-14-27(21-8-10-22(28)11-9-21)15-16-31(26(32)33-27)18(2)19-4-6-20(7-5-19)24-13-12-23(29)17-25(24)30;1-17(18-2-4-19(5-3-18)23-11-10-22(28)16-24(23)29)31-15-13-26(12-14-30,33-25(31)32)20-6-8-21(27)9-7-20;1-9(2,3)14-7(11)13-8(12)15-10(4,5)6;1-2/h5-14,18-19H,3-4,15-17H2,1-2H3;2*4-13,17-18H,3,14-16H2,1-2H3;2-11,16-17H,12-15,30H2,1H3;1-6H3;1H3/t19-,28+;2*18-,27+;17-,26+;;/m0000../s1. The number of amides is 4. The summed E-state index contributed by atoms with van der Waals surface area (Å²) in [7, 11) is 0.